The summed E-state index contributed by atoms with van der Waals surface area (Å²) in [6.07, 6.45) is 1.85. The van der Waals surface area contributed by atoms with Crippen LogP contribution in [0, 0.1) is 0 Å². The zero-order valence-corrected chi connectivity index (χ0v) is 11.5. The largest absolute Gasteiger partial charge is 0.398 e. The highest BCUT2D eigenvalue weighted by Crippen LogP contribution is 2.38. The number of hydrogen-bond donors (Lipinski definition) is 1. The van der Waals surface area contributed by atoms with Gasteiger partial charge in [0, 0.05) is 16.8 Å². The topological polar surface area (TPSA) is 38.9 Å². The van der Waals surface area contributed by atoms with Crippen molar-refractivity contribution in [3.8, 4) is 0 Å². The minimum Gasteiger partial charge on any atom is -0.398 e. The summed E-state index contributed by atoms with van der Waals surface area (Å²) in [5.74, 6) is 0. The number of nitrogen functional groups attached to an aromatic ring is 1. The summed E-state index contributed by atoms with van der Waals surface area (Å²) in [6, 6.07) is 3.42. The second-order valence-electron chi connectivity index (χ2n) is 3.83. The summed E-state index contributed by atoms with van der Waals surface area (Å²) in [6.45, 7) is 2.08. The highest BCUT2D eigenvalue weighted by atomic mass is 35.5. The monoisotopic (exact) mass is 288 g/mol. The summed E-state index contributed by atoms with van der Waals surface area (Å²) >= 11 is 18.2. The SMILES string of the molecule is CCCc1cc(N)c2c(Cl)c(Cl)cc(Cl)c2n1. The second kappa shape index (κ2) is 4.89. The number of benzene rings is 1. The molecule has 17 heavy (non-hydrogen) atoms. The molecule has 2 rings (SSSR count). The number of fused-ring (bicyclic) bond motifs is 1. The molecule has 0 unspecified atom stereocenters. The summed E-state index contributed by atoms with van der Waals surface area (Å²) in [4.78, 5) is 4.47. The molecule has 2 N–H and O–H groups in total. The van der Waals surface area contributed by atoms with E-state index in [2.05, 4.69) is 11.9 Å². The van der Waals surface area contributed by atoms with E-state index in [1.165, 1.54) is 0 Å². The number of aromatic nitrogens is 1. The van der Waals surface area contributed by atoms with Crippen LogP contribution in [0.4, 0.5) is 5.69 Å². The quantitative estimate of drug-likeness (QED) is 0.812. The van der Waals surface area contributed by atoms with Crippen molar-refractivity contribution in [2.24, 2.45) is 0 Å². The first-order valence-electron chi connectivity index (χ1n) is 5.27. The fourth-order valence-electron chi connectivity index (χ4n) is 1.77. The molecular formula is C12H11Cl3N2. The molecule has 0 atom stereocenters. The number of rotatable bonds is 2. The number of anilines is 1. The van der Waals surface area contributed by atoms with Gasteiger partial charge in [-0.25, -0.2) is 0 Å². The summed E-state index contributed by atoms with van der Waals surface area (Å²) in [5.41, 5.74) is 8.08. The zero-order valence-electron chi connectivity index (χ0n) is 9.23. The molecule has 0 spiro atoms. The van der Waals surface area contributed by atoms with E-state index >= 15 is 0 Å². The van der Waals surface area contributed by atoms with Gasteiger partial charge in [-0.15, -0.1) is 0 Å². The number of halogens is 3. The fourth-order valence-corrected chi connectivity index (χ4v) is 2.53. The van der Waals surface area contributed by atoms with Crippen molar-refractivity contribution in [2.45, 2.75) is 19.8 Å². The Kier molecular flexibility index (Phi) is 3.67. The lowest BCUT2D eigenvalue weighted by atomic mass is 10.1. The Morgan fingerprint density at radius 3 is 2.53 bits per heavy atom. The van der Waals surface area contributed by atoms with Crippen LogP contribution in [0.2, 0.25) is 15.1 Å². The lowest BCUT2D eigenvalue weighted by Gasteiger charge is -2.09. The van der Waals surface area contributed by atoms with Crippen molar-refractivity contribution in [2.75, 3.05) is 5.73 Å². The van der Waals surface area contributed by atoms with E-state index in [9.17, 15) is 0 Å². The maximum Gasteiger partial charge on any atom is 0.0928 e. The van der Waals surface area contributed by atoms with Crippen LogP contribution in [-0.4, -0.2) is 4.98 Å². The molecule has 0 fully saturated rings. The van der Waals surface area contributed by atoms with Crippen LogP contribution < -0.4 is 5.73 Å². The Morgan fingerprint density at radius 1 is 1.18 bits per heavy atom. The van der Waals surface area contributed by atoms with E-state index in [0.29, 0.717) is 31.7 Å². The molecule has 0 saturated heterocycles. The average molecular weight is 290 g/mol. The number of nitrogens with zero attached hydrogens (tertiary/aromatic N) is 1. The molecule has 0 amide bonds. The Morgan fingerprint density at radius 2 is 1.88 bits per heavy atom. The molecule has 1 heterocycles. The minimum absolute atomic E-state index is 0.390. The van der Waals surface area contributed by atoms with Crippen molar-refractivity contribution < 1.29 is 0 Å². The average Bonchev–Trinajstić information content (AvgIpc) is 2.26. The third-order valence-corrected chi connectivity index (χ3v) is 3.59. The van der Waals surface area contributed by atoms with E-state index in [4.69, 9.17) is 40.5 Å². The predicted molar refractivity (Wildman–Crippen MR) is 75.2 cm³/mol. The summed E-state index contributed by atoms with van der Waals surface area (Å²) in [7, 11) is 0. The van der Waals surface area contributed by atoms with Crippen LogP contribution in [0.1, 0.15) is 19.0 Å². The Bertz CT molecular complexity index is 582. The standard InChI is InChI=1S/C12H11Cl3N2/c1-2-3-6-4-9(16)10-11(15)7(13)5-8(14)12(10)17-6/h4-5H,2-3H2,1H3,(H2,16,17). The number of nitrogens with two attached hydrogens (primary N) is 1. The van der Waals surface area contributed by atoms with Crippen LogP contribution in [0.25, 0.3) is 10.9 Å². The third-order valence-electron chi connectivity index (χ3n) is 2.52. The summed E-state index contributed by atoms with van der Waals surface area (Å²) in [5, 5.41) is 1.89. The minimum atomic E-state index is 0.390. The van der Waals surface area contributed by atoms with Crippen LogP contribution in [0.3, 0.4) is 0 Å². The van der Waals surface area contributed by atoms with E-state index in [-0.39, 0.29) is 0 Å². The van der Waals surface area contributed by atoms with E-state index in [1.54, 1.807) is 6.07 Å². The van der Waals surface area contributed by atoms with Crippen LogP contribution in [-0.2, 0) is 6.42 Å². The van der Waals surface area contributed by atoms with Crippen molar-refractivity contribution in [3.05, 3.63) is 32.9 Å². The van der Waals surface area contributed by atoms with Gasteiger partial charge in [-0.2, -0.15) is 0 Å². The van der Waals surface area contributed by atoms with Gasteiger partial charge in [-0.1, -0.05) is 48.1 Å². The first-order valence-corrected chi connectivity index (χ1v) is 6.40. The van der Waals surface area contributed by atoms with E-state index < -0.39 is 0 Å². The lowest BCUT2D eigenvalue weighted by Crippen LogP contribution is -1.97. The maximum absolute atomic E-state index is 6.12. The molecule has 5 heteroatoms. The first-order chi connectivity index (χ1) is 8.04. The maximum atomic E-state index is 6.12. The van der Waals surface area contributed by atoms with Gasteiger partial charge in [0.05, 0.1) is 20.6 Å². The molecule has 2 nitrogen and oxygen atoms in total. The second-order valence-corrected chi connectivity index (χ2v) is 5.02. The normalized spacial score (nSPS) is 11.1. The molecule has 2 aromatic rings. The van der Waals surface area contributed by atoms with Gasteiger partial charge in [-0.05, 0) is 18.6 Å². The first kappa shape index (κ1) is 12.7. The molecule has 1 aromatic heterocycles. The van der Waals surface area contributed by atoms with Crippen LogP contribution in [0.15, 0.2) is 12.1 Å². The van der Waals surface area contributed by atoms with Crippen molar-refractivity contribution in [3.63, 3.8) is 0 Å². The molecule has 0 aliphatic rings. The van der Waals surface area contributed by atoms with Gasteiger partial charge in [0.2, 0.25) is 0 Å². The van der Waals surface area contributed by atoms with E-state index in [0.717, 1.165) is 18.5 Å². The van der Waals surface area contributed by atoms with Crippen LogP contribution >= 0.6 is 34.8 Å². The van der Waals surface area contributed by atoms with Crippen molar-refractivity contribution >= 4 is 51.4 Å². The number of hydrogen-bond acceptors (Lipinski definition) is 2. The highest BCUT2D eigenvalue weighted by molar-refractivity contribution is 6.48. The van der Waals surface area contributed by atoms with E-state index in [1.807, 2.05) is 6.07 Å². The van der Waals surface area contributed by atoms with Gasteiger partial charge in [0.15, 0.2) is 0 Å². The van der Waals surface area contributed by atoms with Gasteiger partial charge in [-0.3, -0.25) is 4.98 Å². The smallest absolute Gasteiger partial charge is 0.0928 e. The third kappa shape index (κ3) is 2.30. The molecule has 0 bridgehead atoms. The Balaban J connectivity index is 2.81. The number of aryl methyl sites for hydroxylation is 1. The fraction of sp³-hybridized carbons (Fsp3) is 0.250. The summed E-state index contributed by atoms with van der Waals surface area (Å²) < 4.78 is 0. The van der Waals surface area contributed by atoms with Gasteiger partial charge < -0.3 is 5.73 Å². The van der Waals surface area contributed by atoms with Crippen molar-refractivity contribution in [1.82, 2.24) is 4.98 Å². The molecule has 1 aromatic carbocycles. The van der Waals surface area contributed by atoms with Gasteiger partial charge in [0.1, 0.15) is 0 Å². The molecule has 0 saturated carbocycles. The molecule has 0 radical (unpaired) electrons. The number of pyridine rings is 1. The Labute approximate surface area is 115 Å². The van der Waals surface area contributed by atoms with Gasteiger partial charge in [0.25, 0.3) is 0 Å². The molecule has 0 aliphatic heterocycles. The molecule has 90 valence electrons. The Hall–Kier alpha value is -0.700. The molecule has 0 aliphatic carbocycles. The predicted octanol–water partition coefficient (Wildman–Crippen LogP) is 4.73. The molecular weight excluding hydrogens is 279 g/mol. The van der Waals surface area contributed by atoms with Gasteiger partial charge >= 0.3 is 0 Å². The van der Waals surface area contributed by atoms with Crippen molar-refractivity contribution in [1.29, 1.82) is 0 Å². The lowest BCUT2D eigenvalue weighted by molar-refractivity contribution is 0.890. The highest BCUT2D eigenvalue weighted by Gasteiger charge is 2.13. The van der Waals surface area contributed by atoms with Crippen LogP contribution in [0.5, 0.6) is 0 Å². The zero-order chi connectivity index (χ0) is 12.6.